The van der Waals surface area contributed by atoms with Gasteiger partial charge in [0.15, 0.2) is 0 Å². The number of para-hydroxylation sites is 1. The van der Waals surface area contributed by atoms with E-state index < -0.39 is 23.6 Å². The number of nitrogens with one attached hydrogen (secondary N) is 2. The largest absolute Gasteiger partial charge is 0.416 e. The summed E-state index contributed by atoms with van der Waals surface area (Å²) in [6.45, 7) is 0.823. The minimum Gasteiger partial charge on any atom is -0.362 e. The Kier molecular flexibility index (Phi) is 5.87. The lowest BCUT2D eigenvalue weighted by molar-refractivity contribution is -0.137. The number of hydrogen-bond acceptors (Lipinski definition) is 3. The number of carbonyl (C=O) groups is 2. The summed E-state index contributed by atoms with van der Waals surface area (Å²) in [5, 5.41) is 0. The SMILES string of the molecule is O=C(Cc1cccc(C(F)(F)F)c1)NNC(=O)CN1CCCc2ccccc21. The molecule has 0 aromatic heterocycles. The summed E-state index contributed by atoms with van der Waals surface area (Å²) in [4.78, 5) is 26.0. The van der Waals surface area contributed by atoms with E-state index in [1.807, 2.05) is 29.2 Å². The molecule has 28 heavy (non-hydrogen) atoms. The van der Waals surface area contributed by atoms with Gasteiger partial charge in [-0.25, -0.2) is 0 Å². The molecule has 1 aliphatic rings. The molecule has 2 aromatic carbocycles. The van der Waals surface area contributed by atoms with Gasteiger partial charge in [0.1, 0.15) is 0 Å². The lowest BCUT2D eigenvalue weighted by atomic mass is 10.0. The van der Waals surface area contributed by atoms with Crippen LogP contribution in [-0.2, 0) is 28.6 Å². The molecule has 0 atom stereocenters. The van der Waals surface area contributed by atoms with Crippen molar-refractivity contribution >= 4 is 17.5 Å². The summed E-state index contributed by atoms with van der Waals surface area (Å²) < 4.78 is 38.2. The third kappa shape index (κ3) is 5.03. The van der Waals surface area contributed by atoms with Crippen molar-refractivity contribution < 1.29 is 22.8 Å². The van der Waals surface area contributed by atoms with Crippen LogP contribution in [0.3, 0.4) is 0 Å². The second-order valence-electron chi connectivity index (χ2n) is 6.63. The minimum atomic E-state index is -4.47. The first-order chi connectivity index (χ1) is 13.3. The van der Waals surface area contributed by atoms with E-state index in [4.69, 9.17) is 0 Å². The first-order valence-corrected chi connectivity index (χ1v) is 8.89. The van der Waals surface area contributed by atoms with E-state index in [9.17, 15) is 22.8 Å². The van der Waals surface area contributed by atoms with E-state index in [0.29, 0.717) is 0 Å². The molecule has 0 saturated carbocycles. The number of nitrogens with zero attached hydrogens (tertiary/aromatic N) is 1. The molecule has 0 unspecified atom stereocenters. The van der Waals surface area contributed by atoms with Gasteiger partial charge in [-0.05, 0) is 36.1 Å². The summed E-state index contributed by atoms with van der Waals surface area (Å²) in [5.41, 5.74) is 6.15. The highest BCUT2D eigenvalue weighted by Crippen LogP contribution is 2.29. The molecule has 3 rings (SSSR count). The summed E-state index contributed by atoms with van der Waals surface area (Å²) in [7, 11) is 0. The van der Waals surface area contributed by atoms with Crippen LogP contribution in [0.4, 0.5) is 18.9 Å². The van der Waals surface area contributed by atoms with Crippen LogP contribution in [0.15, 0.2) is 48.5 Å². The number of hydrazine groups is 1. The number of halogens is 3. The molecule has 1 heterocycles. The van der Waals surface area contributed by atoms with E-state index in [1.54, 1.807) is 0 Å². The van der Waals surface area contributed by atoms with Crippen LogP contribution < -0.4 is 15.8 Å². The van der Waals surface area contributed by atoms with Crippen molar-refractivity contribution in [1.29, 1.82) is 0 Å². The van der Waals surface area contributed by atoms with Gasteiger partial charge in [-0.3, -0.25) is 20.4 Å². The van der Waals surface area contributed by atoms with Crippen molar-refractivity contribution in [1.82, 2.24) is 10.9 Å². The number of rotatable bonds is 4. The number of carbonyl (C=O) groups excluding carboxylic acids is 2. The van der Waals surface area contributed by atoms with Crippen LogP contribution in [0.5, 0.6) is 0 Å². The second kappa shape index (κ2) is 8.33. The molecule has 0 spiro atoms. The molecule has 8 heteroatoms. The molecule has 2 aromatic rings. The van der Waals surface area contributed by atoms with E-state index in [0.717, 1.165) is 37.2 Å². The van der Waals surface area contributed by atoms with Gasteiger partial charge in [0.25, 0.3) is 5.91 Å². The third-order valence-corrected chi connectivity index (χ3v) is 4.50. The fourth-order valence-electron chi connectivity index (χ4n) is 3.22. The molecule has 148 valence electrons. The summed E-state index contributed by atoms with van der Waals surface area (Å²) in [6, 6.07) is 12.4. The molecule has 0 bridgehead atoms. The van der Waals surface area contributed by atoms with Gasteiger partial charge in [0.05, 0.1) is 18.5 Å². The quantitative estimate of drug-likeness (QED) is 0.788. The maximum Gasteiger partial charge on any atom is 0.416 e. The van der Waals surface area contributed by atoms with Crippen LogP contribution in [0.1, 0.15) is 23.1 Å². The van der Waals surface area contributed by atoms with Crippen molar-refractivity contribution in [2.75, 3.05) is 18.0 Å². The van der Waals surface area contributed by atoms with Crippen LogP contribution in [0.2, 0.25) is 0 Å². The van der Waals surface area contributed by atoms with E-state index >= 15 is 0 Å². The van der Waals surface area contributed by atoms with Crippen LogP contribution in [-0.4, -0.2) is 24.9 Å². The van der Waals surface area contributed by atoms with Crippen molar-refractivity contribution in [2.45, 2.75) is 25.4 Å². The summed E-state index contributed by atoms with van der Waals surface area (Å²) in [5.74, 6) is -0.985. The third-order valence-electron chi connectivity index (χ3n) is 4.50. The maximum absolute atomic E-state index is 12.7. The van der Waals surface area contributed by atoms with Gasteiger partial charge in [0.2, 0.25) is 5.91 Å². The zero-order chi connectivity index (χ0) is 20.1. The predicted molar refractivity (Wildman–Crippen MR) is 98.4 cm³/mol. The zero-order valence-electron chi connectivity index (χ0n) is 15.1. The molecule has 0 saturated heterocycles. The highest BCUT2D eigenvalue weighted by molar-refractivity contribution is 5.86. The van der Waals surface area contributed by atoms with Gasteiger partial charge < -0.3 is 4.90 Å². The molecule has 5 nitrogen and oxygen atoms in total. The molecule has 2 N–H and O–H groups in total. The Morgan fingerprint density at radius 3 is 2.54 bits per heavy atom. The van der Waals surface area contributed by atoms with Crippen molar-refractivity contribution in [3.8, 4) is 0 Å². The maximum atomic E-state index is 12.7. The first-order valence-electron chi connectivity index (χ1n) is 8.89. The van der Waals surface area contributed by atoms with Crippen molar-refractivity contribution in [3.05, 3.63) is 65.2 Å². The fourth-order valence-corrected chi connectivity index (χ4v) is 3.22. The smallest absolute Gasteiger partial charge is 0.362 e. The lowest BCUT2D eigenvalue weighted by Gasteiger charge is -2.30. The molecular formula is C20H20F3N3O2. The Morgan fingerprint density at radius 2 is 1.75 bits per heavy atom. The fraction of sp³-hybridized carbons (Fsp3) is 0.300. The van der Waals surface area contributed by atoms with Gasteiger partial charge in [0, 0.05) is 12.2 Å². The molecule has 0 radical (unpaired) electrons. The number of alkyl halides is 3. The van der Waals surface area contributed by atoms with Gasteiger partial charge in [-0.2, -0.15) is 13.2 Å². The van der Waals surface area contributed by atoms with Crippen LogP contribution in [0.25, 0.3) is 0 Å². The van der Waals surface area contributed by atoms with Crippen LogP contribution in [0, 0.1) is 0 Å². The van der Waals surface area contributed by atoms with Gasteiger partial charge >= 0.3 is 6.18 Å². The van der Waals surface area contributed by atoms with Crippen molar-refractivity contribution in [2.24, 2.45) is 0 Å². The monoisotopic (exact) mass is 391 g/mol. The highest BCUT2D eigenvalue weighted by Gasteiger charge is 2.30. The predicted octanol–water partition coefficient (Wildman–Crippen LogP) is 2.85. The van der Waals surface area contributed by atoms with E-state index in [2.05, 4.69) is 10.9 Å². The van der Waals surface area contributed by atoms with Gasteiger partial charge in [-0.1, -0.05) is 36.4 Å². The molecule has 0 fully saturated rings. The highest BCUT2D eigenvalue weighted by atomic mass is 19.4. The number of hydrogen-bond donors (Lipinski definition) is 2. The van der Waals surface area contributed by atoms with Gasteiger partial charge in [-0.15, -0.1) is 0 Å². The normalized spacial score (nSPS) is 13.6. The summed E-state index contributed by atoms with van der Waals surface area (Å²) >= 11 is 0. The zero-order valence-corrected chi connectivity index (χ0v) is 15.1. The Balaban J connectivity index is 1.51. The first kappa shape index (κ1) is 19.7. The Morgan fingerprint density at radius 1 is 1.00 bits per heavy atom. The summed E-state index contributed by atoms with van der Waals surface area (Å²) in [6.07, 6.45) is -2.84. The molecule has 0 aliphatic carbocycles. The van der Waals surface area contributed by atoms with Crippen LogP contribution >= 0.6 is 0 Å². The minimum absolute atomic E-state index is 0.0842. The number of amides is 2. The number of anilines is 1. The standard InChI is InChI=1S/C20H20F3N3O2/c21-20(22,23)16-8-3-5-14(11-16)12-18(27)24-25-19(28)13-26-10-4-7-15-6-1-2-9-17(15)26/h1-3,5-6,8-9,11H,4,7,10,12-13H2,(H,24,27)(H,25,28). The molecular weight excluding hydrogens is 371 g/mol. The average molecular weight is 391 g/mol. The van der Waals surface area contributed by atoms with E-state index in [-0.39, 0.29) is 18.5 Å². The van der Waals surface area contributed by atoms with Crippen molar-refractivity contribution in [3.63, 3.8) is 0 Å². The topological polar surface area (TPSA) is 61.4 Å². The number of aryl methyl sites for hydroxylation is 1. The molecule has 1 aliphatic heterocycles. The molecule has 2 amide bonds. The number of fused-ring (bicyclic) bond motifs is 1. The Labute approximate surface area is 160 Å². The number of benzene rings is 2. The average Bonchev–Trinajstić information content (AvgIpc) is 2.66. The lowest BCUT2D eigenvalue weighted by Crippen LogP contribution is -2.47. The Hall–Kier alpha value is -3.03. The Bertz CT molecular complexity index is 868. The second-order valence-corrected chi connectivity index (χ2v) is 6.63. The van der Waals surface area contributed by atoms with E-state index in [1.165, 1.54) is 17.7 Å².